The van der Waals surface area contributed by atoms with Gasteiger partial charge in [0.2, 0.25) is 0 Å². The number of hydrogen-bond acceptors (Lipinski definition) is 4. The standard InChI is InChI=1S/C23H20ClFN4/c1-3-29(4-2)23-18-12-15(8-10-21(18)27-14-28-23)17-6-5-11-26-22(17)16-7-9-20(25)19(24)13-16/h5-14H,3-4H2,1-2H3. The molecule has 0 spiro atoms. The van der Waals surface area contributed by atoms with Gasteiger partial charge in [0.15, 0.2) is 0 Å². The van der Waals surface area contributed by atoms with Crippen LogP contribution in [0.4, 0.5) is 10.2 Å². The lowest BCUT2D eigenvalue weighted by Crippen LogP contribution is -2.23. The molecule has 0 saturated heterocycles. The van der Waals surface area contributed by atoms with Gasteiger partial charge in [-0.3, -0.25) is 4.98 Å². The third kappa shape index (κ3) is 3.66. The number of rotatable bonds is 5. The van der Waals surface area contributed by atoms with E-state index in [-0.39, 0.29) is 5.02 Å². The van der Waals surface area contributed by atoms with Crippen LogP contribution in [-0.4, -0.2) is 28.0 Å². The maximum Gasteiger partial charge on any atom is 0.141 e. The van der Waals surface area contributed by atoms with Gasteiger partial charge in [0.1, 0.15) is 18.0 Å². The molecule has 0 unspecified atom stereocenters. The molecule has 2 aromatic carbocycles. The zero-order valence-corrected chi connectivity index (χ0v) is 17.0. The van der Waals surface area contributed by atoms with Crippen molar-refractivity contribution in [2.75, 3.05) is 18.0 Å². The number of anilines is 1. The summed E-state index contributed by atoms with van der Waals surface area (Å²) >= 11 is 6.00. The minimum Gasteiger partial charge on any atom is -0.357 e. The first-order valence-electron chi connectivity index (χ1n) is 9.53. The van der Waals surface area contributed by atoms with Crippen molar-refractivity contribution >= 4 is 28.3 Å². The smallest absolute Gasteiger partial charge is 0.141 e. The fourth-order valence-electron chi connectivity index (χ4n) is 3.50. The maximum absolute atomic E-state index is 13.6. The Balaban J connectivity index is 1.90. The molecule has 4 rings (SSSR count). The van der Waals surface area contributed by atoms with Crippen LogP contribution >= 0.6 is 11.6 Å². The van der Waals surface area contributed by atoms with Gasteiger partial charge in [0, 0.05) is 35.8 Å². The monoisotopic (exact) mass is 406 g/mol. The topological polar surface area (TPSA) is 41.9 Å². The summed E-state index contributed by atoms with van der Waals surface area (Å²) in [7, 11) is 0. The average molecular weight is 407 g/mol. The lowest BCUT2D eigenvalue weighted by molar-refractivity contribution is 0.628. The minimum atomic E-state index is -0.445. The van der Waals surface area contributed by atoms with Crippen LogP contribution in [0.2, 0.25) is 5.02 Å². The quantitative estimate of drug-likeness (QED) is 0.407. The Morgan fingerprint density at radius 1 is 0.931 bits per heavy atom. The normalized spacial score (nSPS) is 11.0. The zero-order chi connectivity index (χ0) is 20.4. The SMILES string of the molecule is CCN(CC)c1ncnc2ccc(-c3cccnc3-c3ccc(F)c(Cl)c3)cc12. The second-order valence-corrected chi connectivity index (χ2v) is 7.04. The van der Waals surface area contributed by atoms with E-state index in [1.54, 1.807) is 24.7 Å². The highest BCUT2D eigenvalue weighted by Gasteiger charge is 2.14. The molecule has 2 heterocycles. The van der Waals surface area contributed by atoms with Gasteiger partial charge in [-0.25, -0.2) is 14.4 Å². The van der Waals surface area contributed by atoms with Crippen LogP contribution in [0.25, 0.3) is 33.3 Å². The maximum atomic E-state index is 13.6. The highest BCUT2D eigenvalue weighted by atomic mass is 35.5. The van der Waals surface area contributed by atoms with Crippen LogP contribution in [0.5, 0.6) is 0 Å². The molecule has 0 aliphatic carbocycles. The van der Waals surface area contributed by atoms with Crippen molar-refractivity contribution in [3.8, 4) is 22.4 Å². The lowest BCUT2D eigenvalue weighted by atomic mass is 9.98. The minimum absolute atomic E-state index is 0.0786. The van der Waals surface area contributed by atoms with Crippen molar-refractivity contribution in [1.29, 1.82) is 0 Å². The number of fused-ring (bicyclic) bond motifs is 1. The van der Waals surface area contributed by atoms with Crippen molar-refractivity contribution in [2.24, 2.45) is 0 Å². The van der Waals surface area contributed by atoms with E-state index in [4.69, 9.17) is 11.6 Å². The van der Waals surface area contributed by atoms with Gasteiger partial charge in [0.05, 0.1) is 16.2 Å². The first-order valence-corrected chi connectivity index (χ1v) is 9.90. The molecule has 0 fully saturated rings. The fourth-order valence-corrected chi connectivity index (χ4v) is 3.68. The molecule has 4 aromatic rings. The second kappa shape index (κ2) is 8.13. The first kappa shape index (κ1) is 19.3. The molecule has 6 heteroatoms. The predicted octanol–water partition coefficient (Wildman–Crippen LogP) is 6.00. The number of hydrogen-bond donors (Lipinski definition) is 0. The van der Waals surface area contributed by atoms with E-state index < -0.39 is 5.82 Å². The van der Waals surface area contributed by atoms with Crippen LogP contribution in [0.3, 0.4) is 0 Å². The number of aromatic nitrogens is 3. The van der Waals surface area contributed by atoms with Crippen LogP contribution in [-0.2, 0) is 0 Å². The number of halogens is 2. The van der Waals surface area contributed by atoms with Gasteiger partial charge in [-0.1, -0.05) is 23.7 Å². The Morgan fingerprint density at radius 2 is 1.72 bits per heavy atom. The molecule has 0 aliphatic heterocycles. The van der Waals surface area contributed by atoms with Gasteiger partial charge >= 0.3 is 0 Å². The van der Waals surface area contributed by atoms with E-state index >= 15 is 0 Å². The largest absolute Gasteiger partial charge is 0.357 e. The van der Waals surface area contributed by atoms with E-state index in [0.29, 0.717) is 0 Å². The molecule has 0 atom stereocenters. The van der Waals surface area contributed by atoms with Gasteiger partial charge in [-0.2, -0.15) is 0 Å². The Kier molecular flexibility index (Phi) is 5.41. The summed E-state index contributed by atoms with van der Waals surface area (Å²) in [6.07, 6.45) is 3.33. The molecule has 0 bridgehead atoms. The summed E-state index contributed by atoms with van der Waals surface area (Å²) in [5.41, 5.74) is 4.33. The van der Waals surface area contributed by atoms with Crippen LogP contribution in [0.15, 0.2) is 61.1 Å². The molecule has 0 saturated carbocycles. The fraction of sp³-hybridized carbons (Fsp3) is 0.174. The molecule has 4 nitrogen and oxygen atoms in total. The Morgan fingerprint density at radius 3 is 2.48 bits per heavy atom. The Labute approximate surface area is 174 Å². The summed E-state index contributed by atoms with van der Waals surface area (Å²) in [6.45, 7) is 5.94. The molecular weight excluding hydrogens is 387 g/mol. The van der Waals surface area contributed by atoms with Gasteiger partial charge in [-0.05, 0) is 55.8 Å². The summed E-state index contributed by atoms with van der Waals surface area (Å²) in [4.78, 5) is 15.7. The van der Waals surface area contributed by atoms with Crippen molar-refractivity contribution in [3.63, 3.8) is 0 Å². The number of benzene rings is 2. The Bertz CT molecular complexity index is 1170. The molecule has 2 aromatic heterocycles. The molecule has 146 valence electrons. The molecule has 0 N–H and O–H groups in total. The highest BCUT2D eigenvalue weighted by Crippen LogP contribution is 2.34. The third-order valence-electron chi connectivity index (χ3n) is 4.99. The highest BCUT2D eigenvalue weighted by molar-refractivity contribution is 6.31. The first-order chi connectivity index (χ1) is 14.1. The van der Waals surface area contributed by atoms with Gasteiger partial charge in [-0.15, -0.1) is 0 Å². The molecular formula is C23H20ClFN4. The van der Waals surface area contributed by atoms with E-state index in [9.17, 15) is 4.39 Å². The zero-order valence-electron chi connectivity index (χ0n) is 16.2. The number of pyridine rings is 1. The van der Waals surface area contributed by atoms with E-state index in [1.165, 1.54) is 6.07 Å². The molecule has 0 amide bonds. The van der Waals surface area contributed by atoms with Crippen molar-refractivity contribution in [3.05, 3.63) is 71.9 Å². The lowest BCUT2D eigenvalue weighted by Gasteiger charge is -2.21. The van der Waals surface area contributed by atoms with E-state index in [0.717, 1.165) is 52.2 Å². The summed E-state index contributed by atoms with van der Waals surface area (Å²) in [5.74, 6) is 0.469. The molecule has 0 aliphatic rings. The van der Waals surface area contributed by atoms with Gasteiger partial charge < -0.3 is 4.90 Å². The van der Waals surface area contributed by atoms with Gasteiger partial charge in [0.25, 0.3) is 0 Å². The summed E-state index contributed by atoms with van der Waals surface area (Å²) in [6, 6.07) is 14.7. The average Bonchev–Trinajstić information content (AvgIpc) is 2.76. The third-order valence-corrected chi connectivity index (χ3v) is 5.28. The predicted molar refractivity (Wildman–Crippen MR) is 117 cm³/mol. The Hall–Kier alpha value is -3.05. The summed E-state index contributed by atoms with van der Waals surface area (Å²) in [5, 5.41) is 1.07. The molecule has 0 radical (unpaired) electrons. The van der Waals surface area contributed by atoms with E-state index in [1.807, 2.05) is 24.3 Å². The summed E-state index contributed by atoms with van der Waals surface area (Å²) < 4.78 is 13.6. The van der Waals surface area contributed by atoms with Crippen LogP contribution in [0, 0.1) is 5.82 Å². The number of nitrogens with zero attached hydrogens (tertiary/aromatic N) is 4. The second-order valence-electron chi connectivity index (χ2n) is 6.63. The van der Waals surface area contributed by atoms with E-state index in [2.05, 4.69) is 39.8 Å². The van der Waals surface area contributed by atoms with Crippen molar-refractivity contribution in [2.45, 2.75) is 13.8 Å². The molecule has 29 heavy (non-hydrogen) atoms. The van der Waals surface area contributed by atoms with Crippen LogP contribution < -0.4 is 4.90 Å². The van der Waals surface area contributed by atoms with Crippen molar-refractivity contribution < 1.29 is 4.39 Å². The van der Waals surface area contributed by atoms with Crippen LogP contribution in [0.1, 0.15) is 13.8 Å². The van der Waals surface area contributed by atoms with Crippen molar-refractivity contribution in [1.82, 2.24) is 15.0 Å².